The number of rotatable bonds is 6. The Labute approximate surface area is 99.7 Å². The lowest BCUT2D eigenvalue weighted by atomic mass is 10.1. The Bertz CT molecular complexity index is 403. The Morgan fingerprint density at radius 3 is 2.71 bits per heavy atom. The van der Waals surface area contributed by atoms with Crippen LogP contribution >= 0.6 is 0 Å². The first-order valence-corrected chi connectivity index (χ1v) is 5.46. The average Bonchev–Trinajstić information content (AvgIpc) is 2.36. The van der Waals surface area contributed by atoms with E-state index in [9.17, 15) is 9.70 Å². The van der Waals surface area contributed by atoms with Gasteiger partial charge in [-0.3, -0.25) is 0 Å². The molecule has 0 amide bonds. The van der Waals surface area contributed by atoms with Gasteiger partial charge in [-0.2, -0.15) is 0 Å². The minimum Gasteiger partial charge on any atom is -0.482 e. The SMILES string of the molecule is CCOC(=O)COc1ccc(CC)c(N=O)c1. The molecule has 0 bridgehead atoms. The van der Waals surface area contributed by atoms with Crippen molar-refractivity contribution in [3.05, 3.63) is 28.7 Å². The summed E-state index contributed by atoms with van der Waals surface area (Å²) in [6, 6.07) is 4.98. The van der Waals surface area contributed by atoms with Crippen LogP contribution in [0.15, 0.2) is 23.4 Å². The lowest BCUT2D eigenvalue weighted by molar-refractivity contribution is -0.145. The van der Waals surface area contributed by atoms with E-state index >= 15 is 0 Å². The highest BCUT2D eigenvalue weighted by Gasteiger charge is 2.06. The van der Waals surface area contributed by atoms with Crippen molar-refractivity contribution in [1.29, 1.82) is 0 Å². The topological polar surface area (TPSA) is 65.0 Å². The molecule has 0 aliphatic carbocycles. The molecule has 0 aromatic heterocycles. The average molecular weight is 237 g/mol. The molecule has 0 spiro atoms. The summed E-state index contributed by atoms with van der Waals surface area (Å²) in [4.78, 5) is 21.6. The quantitative estimate of drug-likeness (QED) is 0.563. The predicted octanol–water partition coefficient (Wildman–Crippen LogP) is 2.59. The van der Waals surface area contributed by atoms with E-state index in [0.29, 0.717) is 18.0 Å². The highest BCUT2D eigenvalue weighted by atomic mass is 16.6. The van der Waals surface area contributed by atoms with Crippen molar-refractivity contribution >= 4 is 11.7 Å². The van der Waals surface area contributed by atoms with Gasteiger partial charge >= 0.3 is 5.97 Å². The zero-order valence-electron chi connectivity index (χ0n) is 9.93. The summed E-state index contributed by atoms with van der Waals surface area (Å²) in [6.07, 6.45) is 0.721. The van der Waals surface area contributed by atoms with Gasteiger partial charge in [-0.15, -0.1) is 4.91 Å². The first kappa shape index (κ1) is 13.2. The van der Waals surface area contributed by atoms with E-state index in [2.05, 4.69) is 5.18 Å². The van der Waals surface area contributed by atoms with Crippen LogP contribution in [-0.4, -0.2) is 19.2 Å². The molecule has 1 aromatic carbocycles. The predicted molar refractivity (Wildman–Crippen MR) is 63.4 cm³/mol. The fraction of sp³-hybridized carbons (Fsp3) is 0.417. The van der Waals surface area contributed by atoms with Gasteiger partial charge in [0.1, 0.15) is 11.4 Å². The zero-order valence-corrected chi connectivity index (χ0v) is 9.93. The van der Waals surface area contributed by atoms with Gasteiger partial charge in [0.05, 0.1) is 6.61 Å². The molecule has 1 rings (SSSR count). The summed E-state index contributed by atoms with van der Waals surface area (Å²) in [5.41, 5.74) is 1.19. The summed E-state index contributed by atoms with van der Waals surface area (Å²) >= 11 is 0. The van der Waals surface area contributed by atoms with Gasteiger partial charge in [-0.25, -0.2) is 4.79 Å². The van der Waals surface area contributed by atoms with E-state index in [0.717, 1.165) is 12.0 Å². The number of carbonyl (C=O) groups excluding carboxylic acids is 1. The third kappa shape index (κ3) is 3.86. The van der Waals surface area contributed by atoms with Gasteiger partial charge in [0.2, 0.25) is 0 Å². The summed E-state index contributed by atoms with van der Waals surface area (Å²) in [7, 11) is 0. The second-order valence-corrected chi connectivity index (χ2v) is 3.33. The highest BCUT2D eigenvalue weighted by Crippen LogP contribution is 2.25. The van der Waals surface area contributed by atoms with Crippen molar-refractivity contribution in [1.82, 2.24) is 0 Å². The summed E-state index contributed by atoms with van der Waals surface area (Å²) < 4.78 is 9.90. The van der Waals surface area contributed by atoms with E-state index in [1.807, 2.05) is 6.92 Å². The third-order valence-electron chi connectivity index (χ3n) is 2.20. The van der Waals surface area contributed by atoms with Crippen molar-refractivity contribution in [3.63, 3.8) is 0 Å². The Morgan fingerprint density at radius 2 is 2.12 bits per heavy atom. The number of carbonyl (C=O) groups is 1. The van der Waals surface area contributed by atoms with Crippen LogP contribution in [-0.2, 0) is 16.0 Å². The molecular formula is C12H15NO4. The normalized spacial score (nSPS) is 9.76. The number of benzene rings is 1. The number of hydrogen-bond acceptors (Lipinski definition) is 5. The second-order valence-electron chi connectivity index (χ2n) is 3.33. The van der Waals surface area contributed by atoms with E-state index < -0.39 is 5.97 Å². The maximum absolute atomic E-state index is 11.1. The van der Waals surface area contributed by atoms with Gasteiger partial charge in [-0.1, -0.05) is 13.0 Å². The number of ether oxygens (including phenoxy) is 2. The monoisotopic (exact) mass is 237 g/mol. The fourth-order valence-electron chi connectivity index (χ4n) is 1.36. The second kappa shape index (κ2) is 6.62. The molecule has 0 unspecified atom stereocenters. The summed E-state index contributed by atoms with van der Waals surface area (Å²) in [5.74, 6) is -0.00228. The molecule has 0 atom stereocenters. The minimum atomic E-state index is -0.437. The van der Waals surface area contributed by atoms with Crippen molar-refractivity contribution in [2.24, 2.45) is 5.18 Å². The maximum Gasteiger partial charge on any atom is 0.344 e. The van der Waals surface area contributed by atoms with Crippen molar-refractivity contribution in [2.75, 3.05) is 13.2 Å². The van der Waals surface area contributed by atoms with E-state index in [1.165, 1.54) is 6.07 Å². The Hall–Kier alpha value is -1.91. The van der Waals surface area contributed by atoms with Gasteiger partial charge in [0, 0.05) is 6.07 Å². The molecule has 5 nitrogen and oxygen atoms in total. The summed E-state index contributed by atoms with van der Waals surface area (Å²) in [6.45, 7) is 3.81. The van der Waals surface area contributed by atoms with Crippen LogP contribution in [0.2, 0.25) is 0 Å². The highest BCUT2D eigenvalue weighted by molar-refractivity contribution is 5.71. The van der Waals surface area contributed by atoms with Crippen molar-refractivity contribution in [3.8, 4) is 5.75 Å². The molecule has 17 heavy (non-hydrogen) atoms. The number of nitrogens with zero attached hydrogens (tertiary/aromatic N) is 1. The molecule has 1 aromatic rings. The molecular weight excluding hydrogens is 222 g/mol. The van der Waals surface area contributed by atoms with Crippen LogP contribution in [0.25, 0.3) is 0 Å². The summed E-state index contributed by atoms with van der Waals surface area (Å²) in [5, 5.41) is 2.92. The van der Waals surface area contributed by atoms with Crippen LogP contribution in [0.4, 0.5) is 5.69 Å². The lowest BCUT2D eigenvalue weighted by Crippen LogP contribution is -2.14. The largest absolute Gasteiger partial charge is 0.482 e. The van der Waals surface area contributed by atoms with Crippen molar-refractivity contribution < 1.29 is 14.3 Å². The molecule has 0 saturated carbocycles. The Kier molecular flexibility index (Phi) is 5.13. The van der Waals surface area contributed by atoms with Gasteiger partial charge < -0.3 is 9.47 Å². The molecule has 0 N–H and O–H groups in total. The van der Waals surface area contributed by atoms with Crippen LogP contribution in [0, 0.1) is 4.91 Å². The maximum atomic E-state index is 11.1. The molecule has 92 valence electrons. The Morgan fingerprint density at radius 1 is 1.35 bits per heavy atom. The zero-order chi connectivity index (χ0) is 12.7. The van der Waals surface area contributed by atoms with Gasteiger partial charge in [-0.05, 0) is 30.2 Å². The smallest absolute Gasteiger partial charge is 0.344 e. The molecule has 0 aliphatic heterocycles. The first-order chi connectivity index (χ1) is 8.21. The number of esters is 1. The van der Waals surface area contributed by atoms with Gasteiger partial charge in [0.15, 0.2) is 6.61 Å². The number of hydrogen-bond donors (Lipinski definition) is 0. The van der Waals surface area contributed by atoms with Crippen molar-refractivity contribution in [2.45, 2.75) is 20.3 Å². The van der Waals surface area contributed by atoms with Crippen LogP contribution in [0.5, 0.6) is 5.75 Å². The van der Waals surface area contributed by atoms with Crippen LogP contribution in [0.3, 0.4) is 0 Å². The molecule has 0 saturated heterocycles. The van der Waals surface area contributed by atoms with Crippen LogP contribution in [0.1, 0.15) is 19.4 Å². The van der Waals surface area contributed by atoms with E-state index in [1.54, 1.807) is 19.1 Å². The molecule has 0 aliphatic rings. The Balaban J connectivity index is 2.66. The third-order valence-corrected chi connectivity index (χ3v) is 2.20. The van der Waals surface area contributed by atoms with E-state index in [4.69, 9.17) is 9.47 Å². The van der Waals surface area contributed by atoms with Crippen LogP contribution < -0.4 is 4.74 Å². The van der Waals surface area contributed by atoms with Gasteiger partial charge in [0.25, 0.3) is 0 Å². The first-order valence-electron chi connectivity index (χ1n) is 5.46. The lowest BCUT2D eigenvalue weighted by Gasteiger charge is -2.07. The molecule has 0 heterocycles. The number of nitroso groups, excluding NO2 is 1. The standard InChI is InChI=1S/C12H15NO4/c1-3-9-5-6-10(7-11(9)13-15)17-8-12(14)16-4-2/h5-7H,3-4,8H2,1-2H3. The number of aryl methyl sites for hydroxylation is 1. The molecule has 0 fully saturated rings. The van der Waals surface area contributed by atoms with E-state index in [-0.39, 0.29) is 6.61 Å². The fourth-order valence-corrected chi connectivity index (χ4v) is 1.36. The molecule has 0 radical (unpaired) electrons. The molecule has 5 heteroatoms. The minimum absolute atomic E-state index is 0.169.